The van der Waals surface area contributed by atoms with Gasteiger partial charge in [-0.25, -0.2) is 14.4 Å². The third kappa shape index (κ3) is 4.53. The second-order valence-electron chi connectivity index (χ2n) is 7.65. The molecule has 0 saturated carbocycles. The van der Waals surface area contributed by atoms with Gasteiger partial charge in [-0.2, -0.15) is 0 Å². The molecule has 0 spiro atoms. The Kier molecular flexibility index (Phi) is 6.03. The first-order valence-electron chi connectivity index (χ1n) is 9.73. The molecule has 0 radical (unpaired) electrons. The molecule has 28 heavy (non-hydrogen) atoms. The van der Waals surface area contributed by atoms with Crippen LogP contribution in [0.3, 0.4) is 0 Å². The van der Waals surface area contributed by atoms with Gasteiger partial charge in [0.15, 0.2) is 0 Å². The molecule has 3 aromatic rings. The van der Waals surface area contributed by atoms with E-state index in [1.807, 2.05) is 25.1 Å². The van der Waals surface area contributed by atoms with Gasteiger partial charge in [0.2, 0.25) is 0 Å². The molecule has 1 atom stereocenters. The average Bonchev–Trinajstić information content (AvgIpc) is 2.67. The predicted molar refractivity (Wildman–Crippen MR) is 117 cm³/mol. The van der Waals surface area contributed by atoms with Crippen LogP contribution in [0.4, 0.5) is 4.39 Å². The van der Waals surface area contributed by atoms with Crippen molar-refractivity contribution in [2.75, 3.05) is 0 Å². The van der Waals surface area contributed by atoms with E-state index in [1.54, 1.807) is 12.1 Å². The van der Waals surface area contributed by atoms with Gasteiger partial charge in [-0.15, -0.1) is 0 Å². The molecule has 1 unspecified atom stereocenters. The lowest BCUT2D eigenvalue weighted by atomic mass is 9.96. The first-order chi connectivity index (χ1) is 13.3. The fourth-order valence-corrected chi connectivity index (χ4v) is 3.19. The number of hydrogen-bond donors (Lipinski definition) is 0. The Bertz CT molecular complexity index is 1020. The molecule has 0 aliphatic carbocycles. The molecule has 3 heteroatoms. The second kappa shape index (κ2) is 8.47. The molecular formula is C25H27FN2. The highest BCUT2D eigenvalue weighted by Gasteiger charge is 2.13. The highest BCUT2D eigenvalue weighted by Crippen LogP contribution is 2.27. The van der Waals surface area contributed by atoms with Crippen LogP contribution in [-0.2, 0) is 6.42 Å². The number of aryl methyl sites for hydroxylation is 1. The highest BCUT2D eigenvalue weighted by atomic mass is 19.1. The molecule has 0 aliphatic heterocycles. The summed E-state index contributed by atoms with van der Waals surface area (Å²) < 4.78 is 13.4. The summed E-state index contributed by atoms with van der Waals surface area (Å²) in [5.74, 6) is 0.234. The van der Waals surface area contributed by atoms with Crippen LogP contribution >= 0.6 is 0 Å². The summed E-state index contributed by atoms with van der Waals surface area (Å²) in [6, 6.07) is 12.5. The molecule has 0 N–H and O–H groups in total. The zero-order valence-electron chi connectivity index (χ0n) is 16.9. The monoisotopic (exact) mass is 374 g/mol. The van der Waals surface area contributed by atoms with Crippen LogP contribution in [-0.4, -0.2) is 9.97 Å². The molecule has 3 rings (SSSR count). The minimum atomic E-state index is -0.250. The number of fused-ring (bicyclic) bond motifs is 1. The molecule has 2 nitrogen and oxygen atoms in total. The van der Waals surface area contributed by atoms with Gasteiger partial charge in [-0.3, -0.25) is 0 Å². The standard InChI is InChI=1S/C25H27FN2/c1-16(2)18(5)7-6-8-23-25(19-9-12-21(26)13-10-19)28-22-14-11-20(17(3)4)15-24(22)27-23/h9-15,18H,1,3,6-8H2,2,4-5H3. The van der Waals surface area contributed by atoms with Gasteiger partial charge in [-0.1, -0.05) is 37.3 Å². The molecule has 0 bridgehead atoms. The molecule has 0 saturated heterocycles. The van der Waals surface area contributed by atoms with Crippen molar-refractivity contribution >= 4 is 16.6 Å². The summed E-state index contributed by atoms with van der Waals surface area (Å²) in [5, 5.41) is 0. The van der Waals surface area contributed by atoms with Crippen LogP contribution in [0.15, 0.2) is 61.2 Å². The van der Waals surface area contributed by atoms with Crippen molar-refractivity contribution in [2.45, 2.75) is 40.0 Å². The molecule has 0 amide bonds. The predicted octanol–water partition coefficient (Wildman–Crippen LogP) is 7.00. The fraction of sp³-hybridized carbons (Fsp3) is 0.280. The number of nitrogens with zero attached hydrogens (tertiary/aromatic N) is 2. The van der Waals surface area contributed by atoms with Crippen molar-refractivity contribution in [1.82, 2.24) is 9.97 Å². The van der Waals surface area contributed by atoms with Gasteiger partial charge in [0.1, 0.15) is 5.82 Å². The lowest BCUT2D eigenvalue weighted by Crippen LogP contribution is -2.02. The van der Waals surface area contributed by atoms with E-state index < -0.39 is 0 Å². The Morgan fingerprint density at radius 2 is 1.71 bits per heavy atom. The summed E-state index contributed by atoms with van der Waals surface area (Å²) in [7, 11) is 0. The van der Waals surface area contributed by atoms with Crippen LogP contribution in [0.5, 0.6) is 0 Å². The molecule has 144 valence electrons. The Labute approximate surface area is 166 Å². The normalized spacial score (nSPS) is 12.1. The van der Waals surface area contributed by atoms with Crippen LogP contribution in [0, 0.1) is 11.7 Å². The molecule has 1 aromatic heterocycles. The van der Waals surface area contributed by atoms with Crippen molar-refractivity contribution in [2.24, 2.45) is 5.92 Å². The summed E-state index contributed by atoms with van der Waals surface area (Å²) in [4.78, 5) is 9.82. The Morgan fingerprint density at radius 1 is 1.00 bits per heavy atom. The van der Waals surface area contributed by atoms with Crippen LogP contribution in [0.25, 0.3) is 27.9 Å². The van der Waals surface area contributed by atoms with Crippen LogP contribution in [0.1, 0.15) is 44.9 Å². The van der Waals surface area contributed by atoms with Gasteiger partial charge in [-0.05, 0) is 81.0 Å². The molecular weight excluding hydrogens is 347 g/mol. The van der Waals surface area contributed by atoms with Gasteiger partial charge >= 0.3 is 0 Å². The van der Waals surface area contributed by atoms with Gasteiger partial charge < -0.3 is 0 Å². The maximum Gasteiger partial charge on any atom is 0.123 e. The summed E-state index contributed by atoms with van der Waals surface area (Å²) in [6.45, 7) is 14.3. The lowest BCUT2D eigenvalue weighted by molar-refractivity contribution is 0.577. The van der Waals surface area contributed by atoms with Crippen molar-refractivity contribution in [3.63, 3.8) is 0 Å². The van der Waals surface area contributed by atoms with Gasteiger partial charge in [0, 0.05) is 5.56 Å². The zero-order chi connectivity index (χ0) is 20.3. The first-order valence-corrected chi connectivity index (χ1v) is 9.73. The molecule has 2 aromatic carbocycles. The first kappa shape index (κ1) is 19.9. The quantitative estimate of drug-likeness (QED) is 0.416. The Hall–Kier alpha value is -2.81. The topological polar surface area (TPSA) is 25.8 Å². The fourth-order valence-electron chi connectivity index (χ4n) is 3.19. The summed E-state index contributed by atoms with van der Waals surface area (Å²) >= 11 is 0. The maximum absolute atomic E-state index is 13.4. The molecule has 0 aliphatic rings. The summed E-state index contributed by atoms with van der Waals surface area (Å²) in [6.07, 6.45) is 2.89. The van der Waals surface area contributed by atoms with Crippen molar-refractivity contribution in [1.29, 1.82) is 0 Å². The van der Waals surface area contributed by atoms with E-state index in [-0.39, 0.29) is 5.82 Å². The second-order valence-corrected chi connectivity index (χ2v) is 7.65. The van der Waals surface area contributed by atoms with E-state index in [9.17, 15) is 4.39 Å². The van der Waals surface area contributed by atoms with Crippen molar-refractivity contribution in [3.8, 4) is 11.3 Å². The highest BCUT2D eigenvalue weighted by molar-refractivity contribution is 5.82. The van der Waals surface area contributed by atoms with E-state index in [1.165, 1.54) is 17.7 Å². The number of benzene rings is 2. The van der Waals surface area contributed by atoms with E-state index >= 15 is 0 Å². The minimum Gasteiger partial charge on any atom is -0.249 e. The van der Waals surface area contributed by atoms with E-state index in [0.29, 0.717) is 5.92 Å². The van der Waals surface area contributed by atoms with E-state index in [0.717, 1.165) is 58.4 Å². The Balaban J connectivity index is 2.02. The van der Waals surface area contributed by atoms with Gasteiger partial charge in [0.05, 0.1) is 22.4 Å². The SMILES string of the molecule is C=C(C)c1ccc2nc(-c3ccc(F)cc3)c(CCCC(C)C(=C)C)nc2c1. The number of rotatable bonds is 7. The van der Waals surface area contributed by atoms with E-state index in [2.05, 4.69) is 27.0 Å². The maximum atomic E-state index is 13.4. The largest absolute Gasteiger partial charge is 0.249 e. The van der Waals surface area contributed by atoms with E-state index in [4.69, 9.17) is 9.97 Å². The summed E-state index contributed by atoms with van der Waals surface area (Å²) in [5.41, 5.74) is 7.65. The number of aromatic nitrogens is 2. The average molecular weight is 375 g/mol. The molecule has 1 heterocycles. The van der Waals surface area contributed by atoms with Gasteiger partial charge in [0.25, 0.3) is 0 Å². The smallest absolute Gasteiger partial charge is 0.123 e. The molecule has 0 fully saturated rings. The van der Waals surface area contributed by atoms with Crippen LogP contribution in [0.2, 0.25) is 0 Å². The van der Waals surface area contributed by atoms with Crippen molar-refractivity contribution in [3.05, 3.63) is 78.3 Å². The number of allylic oxidation sites excluding steroid dienone is 2. The minimum absolute atomic E-state index is 0.250. The van der Waals surface area contributed by atoms with Crippen LogP contribution < -0.4 is 0 Å². The number of halogens is 1. The third-order valence-corrected chi connectivity index (χ3v) is 5.24. The zero-order valence-corrected chi connectivity index (χ0v) is 16.9. The lowest BCUT2D eigenvalue weighted by Gasteiger charge is -2.13. The number of hydrogen-bond acceptors (Lipinski definition) is 2. The third-order valence-electron chi connectivity index (χ3n) is 5.24. The Morgan fingerprint density at radius 3 is 2.36 bits per heavy atom. The van der Waals surface area contributed by atoms with Crippen molar-refractivity contribution < 1.29 is 4.39 Å².